The average molecular weight is 375 g/mol. The molecule has 0 amide bonds. The van der Waals surface area contributed by atoms with Crippen LogP contribution in [0.1, 0.15) is 97.3 Å². The van der Waals surface area contributed by atoms with Gasteiger partial charge in [0.1, 0.15) is 0 Å². The minimum atomic E-state index is -4.13. The van der Waals surface area contributed by atoms with Gasteiger partial charge in [0.2, 0.25) is 0 Å². The normalized spacial score (nSPS) is 14.3. The summed E-state index contributed by atoms with van der Waals surface area (Å²) in [4.78, 5) is 0. The summed E-state index contributed by atoms with van der Waals surface area (Å²) < 4.78 is 33.5. The van der Waals surface area contributed by atoms with E-state index in [0.717, 1.165) is 64.2 Å². The molecule has 0 saturated carbocycles. The SMILES string of the molecule is CCCCC(CCCCCCCCCC(O)CC)S(=O)(=O)[O-].[K+]. The van der Waals surface area contributed by atoms with Crippen molar-refractivity contribution in [1.29, 1.82) is 0 Å². The Morgan fingerprint density at radius 3 is 1.70 bits per heavy atom. The van der Waals surface area contributed by atoms with Crippen LogP contribution in [0.5, 0.6) is 0 Å². The summed E-state index contributed by atoms with van der Waals surface area (Å²) in [6, 6.07) is 0. The van der Waals surface area contributed by atoms with Gasteiger partial charge in [0.15, 0.2) is 0 Å². The van der Waals surface area contributed by atoms with Gasteiger partial charge in [-0.05, 0) is 25.7 Å². The standard InChI is InChI=1S/C17H36O4S.K/c1-3-5-14-17(22(19,20)21)15-12-10-8-6-7-9-11-13-16(18)4-2;/h16-18H,3-15H2,1-2H3,(H,19,20,21);/q;+1/p-1. The molecule has 0 aliphatic rings. The minimum Gasteiger partial charge on any atom is -0.748 e. The first-order valence-corrected chi connectivity index (χ1v) is 10.5. The predicted octanol–water partition coefficient (Wildman–Crippen LogP) is 1.38. The van der Waals surface area contributed by atoms with Crippen molar-refractivity contribution < 1.29 is 69.5 Å². The van der Waals surface area contributed by atoms with Crippen LogP contribution >= 0.6 is 0 Å². The van der Waals surface area contributed by atoms with E-state index in [-0.39, 0.29) is 57.5 Å². The fourth-order valence-corrected chi connectivity index (χ4v) is 3.62. The first kappa shape index (κ1) is 26.7. The Bertz CT molecular complexity index is 347. The summed E-state index contributed by atoms with van der Waals surface area (Å²) >= 11 is 0. The molecule has 0 rings (SSSR count). The second kappa shape index (κ2) is 16.9. The van der Waals surface area contributed by atoms with E-state index in [2.05, 4.69) is 0 Å². The number of hydrogen-bond acceptors (Lipinski definition) is 4. The fraction of sp³-hybridized carbons (Fsp3) is 1.00. The molecule has 0 saturated heterocycles. The summed E-state index contributed by atoms with van der Waals surface area (Å²) in [5.41, 5.74) is 0. The predicted molar refractivity (Wildman–Crippen MR) is 90.9 cm³/mol. The molecule has 0 heterocycles. The maximum atomic E-state index is 11.2. The first-order chi connectivity index (χ1) is 10.4. The van der Waals surface area contributed by atoms with Gasteiger partial charge in [-0.2, -0.15) is 0 Å². The van der Waals surface area contributed by atoms with Gasteiger partial charge < -0.3 is 9.66 Å². The maximum absolute atomic E-state index is 11.2. The van der Waals surface area contributed by atoms with Crippen molar-refractivity contribution in [2.45, 2.75) is 109 Å². The fourth-order valence-electron chi connectivity index (χ4n) is 2.70. The molecular weight excluding hydrogens is 339 g/mol. The van der Waals surface area contributed by atoms with Gasteiger partial charge in [0.25, 0.3) is 0 Å². The van der Waals surface area contributed by atoms with E-state index in [1.165, 1.54) is 6.42 Å². The van der Waals surface area contributed by atoms with Crippen LogP contribution in [0.25, 0.3) is 0 Å². The molecule has 0 radical (unpaired) electrons. The zero-order valence-electron chi connectivity index (χ0n) is 15.4. The molecule has 134 valence electrons. The van der Waals surface area contributed by atoms with Crippen LogP contribution in [0.15, 0.2) is 0 Å². The van der Waals surface area contributed by atoms with Crippen LogP contribution in [-0.2, 0) is 10.1 Å². The Labute approximate surface area is 186 Å². The van der Waals surface area contributed by atoms with Crippen LogP contribution in [0, 0.1) is 0 Å². The molecular formula is C17H35KO4S. The van der Waals surface area contributed by atoms with Crippen molar-refractivity contribution in [3.05, 3.63) is 0 Å². The summed E-state index contributed by atoms with van der Waals surface area (Å²) in [6.07, 6.45) is 11.9. The monoisotopic (exact) mass is 374 g/mol. The number of aliphatic hydroxyl groups is 1. The van der Waals surface area contributed by atoms with E-state index >= 15 is 0 Å². The summed E-state index contributed by atoms with van der Waals surface area (Å²) in [7, 11) is -4.13. The molecule has 23 heavy (non-hydrogen) atoms. The number of aliphatic hydroxyl groups excluding tert-OH is 1. The Balaban J connectivity index is 0. The van der Waals surface area contributed by atoms with Crippen LogP contribution in [0.4, 0.5) is 0 Å². The molecule has 2 unspecified atom stereocenters. The van der Waals surface area contributed by atoms with Crippen molar-refractivity contribution in [2.24, 2.45) is 0 Å². The van der Waals surface area contributed by atoms with Crippen LogP contribution in [0.3, 0.4) is 0 Å². The van der Waals surface area contributed by atoms with Crippen molar-refractivity contribution in [1.82, 2.24) is 0 Å². The number of unbranched alkanes of at least 4 members (excludes halogenated alkanes) is 7. The molecule has 0 aromatic heterocycles. The van der Waals surface area contributed by atoms with E-state index in [1.54, 1.807) is 0 Å². The molecule has 2 atom stereocenters. The zero-order chi connectivity index (χ0) is 16.8. The van der Waals surface area contributed by atoms with Crippen molar-refractivity contribution in [3.8, 4) is 0 Å². The molecule has 0 fully saturated rings. The van der Waals surface area contributed by atoms with Gasteiger partial charge in [-0.15, -0.1) is 0 Å². The molecule has 1 N–H and O–H groups in total. The summed E-state index contributed by atoms with van der Waals surface area (Å²) in [6.45, 7) is 4.01. The molecule has 0 bridgehead atoms. The summed E-state index contributed by atoms with van der Waals surface area (Å²) in [5.74, 6) is 0. The molecule has 0 aromatic carbocycles. The zero-order valence-corrected chi connectivity index (χ0v) is 19.4. The Morgan fingerprint density at radius 1 is 0.826 bits per heavy atom. The van der Waals surface area contributed by atoms with Crippen molar-refractivity contribution >= 4 is 10.1 Å². The number of hydrogen-bond donors (Lipinski definition) is 1. The molecule has 4 nitrogen and oxygen atoms in total. The quantitative estimate of drug-likeness (QED) is 0.267. The summed E-state index contributed by atoms with van der Waals surface area (Å²) in [5, 5.41) is 8.76. The molecule has 0 aliphatic heterocycles. The third-order valence-corrected chi connectivity index (χ3v) is 5.61. The van der Waals surface area contributed by atoms with Gasteiger partial charge in [0, 0.05) is 5.25 Å². The van der Waals surface area contributed by atoms with E-state index in [4.69, 9.17) is 0 Å². The van der Waals surface area contributed by atoms with Gasteiger partial charge in [0.05, 0.1) is 16.2 Å². The largest absolute Gasteiger partial charge is 1.00 e. The van der Waals surface area contributed by atoms with E-state index in [1.807, 2.05) is 13.8 Å². The van der Waals surface area contributed by atoms with Gasteiger partial charge in [-0.1, -0.05) is 71.6 Å². The van der Waals surface area contributed by atoms with Crippen LogP contribution < -0.4 is 51.4 Å². The van der Waals surface area contributed by atoms with Crippen molar-refractivity contribution in [3.63, 3.8) is 0 Å². The van der Waals surface area contributed by atoms with Gasteiger partial charge in [-0.3, -0.25) is 0 Å². The van der Waals surface area contributed by atoms with Crippen LogP contribution in [-0.4, -0.2) is 29.4 Å². The van der Waals surface area contributed by atoms with Crippen LogP contribution in [0.2, 0.25) is 0 Å². The molecule has 0 spiro atoms. The van der Waals surface area contributed by atoms with E-state index in [9.17, 15) is 18.1 Å². The molecule has 0 aliphatic carbocycles. The topological polar surface area (TPSA) is 77.4 Å². The Kier molecular flexibility index (Phi) is 19.7. The minimum absolute atomic E-state index is 0. The first-order valence-electron chi connectivity index (χ1n) is 9.04. The maximum Gasteiger partial charge on any atom is 1.00 e. The second-order valence-corrected chi connectivity index (χ2v) is 8.02. The van der Waals surface area contributed by atoms with E-state index < -0.39 is 15.4 Å². The Morgan fingerprint density at radius 2 is 1.26 bits per heavy atom. The van der Waals surface area contributed by atoms with Gasteiger partial charge in [-0.25, -0.2) is 8.42 Å². The Hall–Kier alpha value is 1.51. The average Bonchev–Trinajstić information content (AvgIpc) is 2.46. The smallest absolute Gasteiger partial charge is 0.748 e. The molecule has 6 heteroatoms. The van der Waals surface area contributed by atoms with E-state index in [0.29, 0.717) is 12.8 Å². The number of rotatable bonds is 15. The van der Waals surface area contributed by atoms with Crippen molar-refractivity contribution in [2.75, 3.05) is 0 Å². The molecule has 0 aromatic rings. The second-order valence-electron chi connectivity index (χ2n) is 6.37. The third kappa shape index (κ3) is 16.7. The third-order valence-electron chi connectivity index (χ3n) is 4.32. The van der Waals surface area contributed by atoms with Gasteiger partial charge >= 0.3 is 51.4 Å².